The predicted molar refractivity (Wildman–Crippen MR) is 82.1 cm³/mol. The van der Waals surface area contributed by atoms with Gasteiger partial charge in [-0.05, 0) is 32.0 Å². The quantitative estimate of drug-likeness (QED) is 0.508. The zero-order valence-corrected chi connectivity index (χ0v) is 12.8. The van der Waals surface area contributed by atoms with Crippen molar-refractivity contribution in [2.75, 3.05) is 12.4 Å². The van der Waals surface area contributed by atoms with Crippen molar-refractivity contribution in [3.8, 4) is 5.75 Å². The summed E-state index contributed by atoms with van der Waals surface area (Å²) in [6.45, 7) is 3.62. The van der Waals surface area contributed by atoms with E-state index in [9.17, 15) is 0 Å². The van der Waals surface area contributed by atoms with E-state index in [1.807, 2.05) is 6.92 Å². The van der Waals surface area contributed by atoms with Crippen molar-refractivity contribution in [2.45, 2.75) is 13.8 Å². The first kappa shape index (κ1) is 14.6. The summed E-state index contributed by atoms with van der Waals surface area (Å²) in [7, 11) is 1.59. The van der Waals surface area contributed by atoms with Gasteiger partial charge in [0, 0.05) is 9.90 Å². The van der Waals surface area contributed by atoms with Crippen molar-refractivity contribution in [1.82, 2.24) is 4.98 Å². The number of thiazole rings is 1. The van der Waals surface area contributed by atoms with Crippen molar-refractivity contribution in [3.05, 3.63) is 33.8 Å². The number of aryl methyl sites for hydroxylation is 1. The highest BCUT2D eigenvalue weighted by Crippen LogP contribution is 2.32. The van der Waals surface area contributed by atoms with E-state index in [-0.39, 0.29) is 0 Å². The van der Waals surface area contributed by atoms with Crippen LogP contribution in [0.2, 0.25) is 5.02 Å². The first-order valence-electron chi connectivity index (χ1n) is 5.82. The van der Waals surface area contributed by atoms with E-state index in [1.54, 1.807) is 32.2 Å². The number of oxime groups is 1. The van der Waals surface area contributed by atoms with Crippen LogP contribution in [0, 0.1) is 6.92 Å². The summed E-state index contributed by atoms with van der Waals surface area (Å²) in [5.41, 5.74) is 1.88. The molecule has 1 heterocycles. The number of hydrogen-bond acceptors (Lipinski definition) is 6. The zero-order valence-electron chi connectivity index (χ0n) is 11.3. The maximum Gasteiger partial charge on any atom is 0.188 e. The van der Waals surface area contributed by atoms with Crippen LogP contribution in [0.25, 0.3) is 0 Å². The molecule has 0 radical (unpaired) electrons. The molecule has 0 amide bonds. The maximum absolute atomic E-state index is 8.82. The Hall–Kier alpha value is -1.79. The van der Waals surface area contributed by atoms with Gasteiger partial charge < -0.3 is 15.3 Å². The average molecular weight is 312 g/mol. The van der Waals surface area contributed by atoms with Crippen LogP contribution in [0.3, 0.4) is 0 Å². The summed E-state index contributed by atoms with van der Waals surface area (Å²) >= 11 is 7.45. The van der Waals surface area contributed by atoms with Gasteiger partial charge in [-0.3, -0.25) is 0 Å². The summed E-state index contributed by atoms with van der Waals surface area (Å²) < 4.78 is 5.27. The fourth-order valence-electron chi connectivity index (χ4n) is 1.73. The monoisotopic (exact) mass is 311 g/mol. The highest BCUT2D eigenvalue weighted by Gasteiger charge is 2.12. The molecule has 0 aliphatic carbocycles. The van der Waals surface area contributed by atoms with E-state index in [0.29, 0.717) is 27.3 Å². The molecule has 1 aromatic carbocycles. The summed E-state index contributed by atoms with van der Waals surface area (Å²) in [6, 6.07) is 5.31. The molecule has 7 heteroatoms. The van der Waals surface area contributed by atoms with Gasteiger partial charge in [-0.1, -0.05) is 16.8 Å². The van der Waals surface area contributed by atoms with Crippen molar-refractivity contribution in [3.63, 3.8) is 0 Å². The number of methoxy groups -OCH3 is 1. The van der Waals surface area contributed by atoms with E-state index in [1.165, 1.54) is 11.3 Å². The van der Waals surface area contributed by atoms with Crippen molar-refractivity contribution < 1.29 is 9.94 Å². The van der Waals surface area contributed by atoms with Gasteiger partial charge in [-0.25, -0.2) is 4.98 Å². The molecule has 2 aromatic rings. The van der Waals surface area contributed by atoms with Crippen LogP contribution in [0.5, 0.6) is 5.75 Å². The molecule has 106 valence electrons. The number of halogens is 1. The van der Waals surface area contributed by atoms with Gasteiger partial charge in [0.05, 0.1) is 12.8 Å². The fraction of sp³-hybridized carbons (Fsp3) is 0.231. The minimum absolute atomic E-state index is 0.477. The van der Waals surface area contributed by atoms with Gasteiger partial charge in [-0.15, -0.1) is 11.3 Å². The Kier molecular flexibility index (Phi) is 4.46. The summed E-state index contributed by atoms with van der Waals surface area (Å²) in [5, 5.41) is 16.5. The normalized spacial score (nSPS) is 11.5. The second kappa shape index (κ2) is 6.11. The lowest BCUT2D eigenvalue weighted by Crippen LogP contribution is -1.98. The number of ether oxygens (including phenoxy) is 1. The molecule has 0 saturated carbocycles. The number of hydrogen-bond donors (Lipinski definition) is 2. The third-order valence-corrected chi connectivity index (χ3v) is 3.81. The molecule has 0 aliphatic heterocycles. The van der Waals surface area contributed by atoms with Crippen molar-refractivity contribution >= 4 is 39.5 Å². The molecule has 0 saturated heterocycles. The highest BCUT2D eigenvalue weighted by atomic mass is 35.5. The zero-order chi connectivity index (χ0) is 14.7. The minimum Gasteiger partial charge on any atom is -0.495 e. The first-order valence-corrected chi connectivity index (χ1v) is 7.01. The van der Waals surface area contributed by atoms with E-state index >= 15 is 0 Å². The second-order valence-corrected chi connectivity index (χ2v) is 5.72. The molecule has 0 unspecified atom stereocenters. The van der Waals surface area contributed by atoms with Gasteiger partial charge in [0.25, 0.3) is 0 Å². The highest BCUT2D eigenvalue weighted by molar-refractivity contribution is 7.15. The third kappa shape index (κ3) is 3.02. The fourth-order valence-corrected chi connectivity index (χ4v) is 2.78. The van der Waals surface area contributed by atoms with Crippen molar-refractivity contribution in [1.29, 1.82) is 0 Å². The van der Waals surface area contributed by atoms with Crippen LogP contribution in [-0.4, -0.2) is 23.0 Å². The number of benzene rings is 1. The number of anilines is 2. The predicted octanol–water partition coefficient (Wildman–Crippen LogP) is 4.06. The molecular weight excluding hydrogens is 298 g/mol. The van der Waals surface area contributed by atoms with E-state index in [4.69, 9.17) is 21.5 Å². The van der Waals surface area contributed by atoms with Crippen LogP contribution >= 0.6 is 22.9 Å². The number of aromatic nitrogens is 1. The van der Waals surface area contributed by atoms with Crippen LogP contribution in [0.4, 0.5) is 10.8 Å². The topological polar surface area (TPSA) is 66.7 Å². The Balaban J connectivity index is 2.33. The van der Waals surface area contributed by atoms with Crippen LogP contribution in [0.1, 0.15) is 17.5 Å². The maximum atomic E-state index is 8.82. The van der Waals surface area contributed by atoms with Crippen LogP contribution in [-0.2, 0) is 0 Å². The lowest BCUT2D eigenvalue weighted by molar-refractivity contribution is 0.319. The second-order valence-electron chi connectivity index (χ2n) is 4.08. The van der Waals surface area contributed by atoms with E-state index in [0.717, 1.165) is 10.6 Å². The van der Waals surface area contributed by atoms with Gasteiger partial charge in [0.1, 0.15) is 17.2 Å². The molecule has 2 rings (SSSR count). The summed E-state index contributed by atoms with van der Waals surface area (Å²) in [4.78, 5) is 5.36. The SMILES string of the molecule is COc1ccc(Cl)cc1Nc1nc(/C(C)=N\O)c(C)s1. The molecule has 0 bridgehead atoms. The first-order chi connectivity index (χ1) is 9.55. The Morgan fingerprint density at radius 3 is 2.90 bits per heavy atom. The van der Waals surface area contributed by atoms with Gasteiger partial charge in [0.15, 0.2) is 5.13 Å². The number of nitrogens with one attached hydrogen (secondary N) is 1. The third-order valence-electron chi connectivity index (χ3n) is 2.69. The standard InChI is InChI=1S/C13H14ClN3O2S/c1-7(17-18)12-8(2)20-13(16-12)15-10-6-9(14)4-5-11(10)19-3/h4-6,18H,1-3H3,(H,15,16)/b17-7-. The summed E-state index contributed by atoms with van der Waals surface area (Å²) in [6.07, 6.45) is 0. The lowest BCUT2D eigenvalue weighted by Gasteiger charge is -2.09. The van der Waals surface area contributed by atoms with Crippen LogP contribution < -0.4 is 10.1 Å². The average Bonchev–Trinajstić information content (AvgIpc) is 2.79. The smallest absolute Gasteiger partial charge is 0.188 e. The molecule has 5 nitrogen and oxygen atoms in total. The lowest BCUT2D eigenvalue weighted by atomic mass is 10.3. The molecule has 0 spiro atoms. The van der Waals surface area contributed by atoms with E-state index in [2.05, 4.69) is 15.5 Å². The van der Waals surface area contributed by atoms with Gasteiger partial charge in [-0.2, -0.15) is 0 Å². The van der Waals surface area contributed by atoms with E-state index < -0.39 is 0 Å². The number of nitrogens with zero attached hydrogens (tertiary/aromatic N) is 2. The molecular formula is C13H14ClN3O2S. The Labute approximate surface area is 125 Å². The molecule has 0 atom stereocenters. The summed E-state index contributed by atoms with van der Waals surface area (Å²) in [5.74, 6) is 0.677. The molecule has 2 N–H and O–H groups in total. The largest absolute Gasteiger partial charge is 0.495 e. The molecule has 0 fully saturated rings. The Morgan fingerprint density at radius 1 is 1.50 bits per heavy atom. The Bertz CT molecular complexity index is 655. The minimum atomic E-state index is 0.477. The molecule has 1 aromatic heterocycles. The van der Waals surface area contributed by atoms with Crippen molar-refractivity contribution in [2.24, 2.45) is 5.16 Å². The van der Waals surface area contributed by atoms with Gasteiger partial charge >= 0.3 is 0 Å². The molecule has 0 aliphatic rings. The van der Waals surface area contributed by atoms with Gasteiger partial charge in [0.2, 0.25) is 0 Å². The number of rotatable bonds is 4. The molecule has 20 heavy (non-hydrogen) atoms. The van der Waals surface area contributed by atoms with Crippen LogP contribution in [0.15, 0.2) is 23.4 Å². The Morgan fingerprint density at radius 2 is 2.25 bits per heavy atom.